The first-order valence-electron chi connectivity index (χ1n) is 25.9. The number of hydrogen-bond acceptors (Lipinski definition) is 9. The molecule has 0 bridgehead atoms. The van der Waals surface area contributed by atoms with Crippen molar-refractivity contribution >= 4 is 81.5 Å². The molecular weight excluding hydrogens is 1080 g/mol. The van der Waals surface area contributed by atoms with Crippen LogP contribution in [0.15, 0.2) is 149 Å². The summed E-state index contributed by atoms with van der Waals surface area (Å²) in [6.07, 6.45) is 5.14. The molecule has 0 fully saturated rings. The molecule has 81 heavy (non-hydrogen) atoms. The van der Waals surface area contributed by atoms with Crippen molar-refractivity contribution in [1.29, 1.82) is 0 Å². The van der Waals surface area contributed by atoms with Gasteiger partial charge in [-0.1, -0.05) is 48.5 Å². The Bertz CT molecular complexity index is 4310. The number of nitrogens with zero attached hydrogens (tertiary/aromatic N) is 5. The number of sulfone groups is 1. The third kappa shape index (κ3) is 12.7. The van der Waals surface area contributed by atoms with E-state index >= 15 is 0 Å². The largest absolute Gasteiger partial charge is 0.481 e. The van der Waals surface area contributed by atoms with Gasteiger partial charge in [0.2, 0.25) is 10.0 Å². The fourth-order valence-electron chi connectivity index (χ4n) is 10.7. The van der Waals surface area contributed by atoms with Gasteiger partial charge in [-0.25, -0.2) is 35.3 Å². The Labute approximate surface area is 465 Å². The van der Waals surface area contributed by atoms with Crippen LogP contribution in [0, 0.1) is 32.4 Å². The Morgan fingerprint density at radius 2 is 1.36 bits per heavy atom. The van der Waals surface area contributed by atoms with Gasteiger partial charge in [-0.2, -0.15) is 0 Å². The van der Waals surface area contributed by atoms with Crippen LogP contribution < -0.4 is 4.72 Å². The molecule has 16 nitrogen and oxygen atoms in total. The maximum absolute atomic E-state index is 13.8. The van der Waals surface area contributed by atoms with E-state index in [1.807, 2.05) is 96.6 Å². The number of pyridine rings is 2. The molecule has 0 amide bonds. The summed E-state index contributed by atoms with van der Waals surface area (Å²) in [5.41, 5.74) is 11.5. The molecule has 0 unspecified atom stereocenters. The minimum absolute atomic E-state index is 0.0335. The van der Waals surface area contributed by atoms with Gasteiger partial charge in [0.05, 0.1) is 28.1 Å². The van der Waals surface area contributed by atoms with E-state index in [1.54, 1.807) is 41.1 Å². The van der Waals surface area contributed by atoms with Crippen molar-refractivity contribution in [2.45, 2.75) is 94.8 Å². The second-order valence-corrected chi connectivity index (χ2v) is 23.8. The molecule has 0 saturated heterocycles. The number of sulfonamides is 1. The summed E-state index contributed by atoms with van der Waals surface area (Å²) >= 11 is 0. The minimum Gasteiger partial charge on any atom is -0.481 e. The maximum atomic E-state index is 13.8. The normalized spacial score (nSPS) is 13.4. The number of aromatic nitrogens is 5. The first-order valence-corrected chi connectivity index (χ1v) is 29.3. The fourth-order valence-corrected chi connectivity index (χ4v) is 12.7. The molecule has 0 saturated carbocycles. The molecule has 5 aromatic heterocycles. The SMILES string of the molecule is Cc1c(Cc2ccc3ccccc3n2)c2cc(F)ccc2n1CC(=O)O.Cc1cc(S(C)(=O)=O)ccc1Cn1c(C)c(CC(=O)O)c2cccnc21.O=C(O)CCn1c2c(c3ccccc31)C[C@H](NS(=O)(=O)c1ccc(F)cc1)CC2. The fraction of sp³-hybridized carbons (Fsp3) is 0.230. The van der Waals surface area contributed by atoms with Crippen LogP contribution in [0.5, 0.6) is 0 Å². The van der Waals surface area contributed by atoms with Crippen molar-refractivity contribution in [3.05, 3.63) is 202 Å². The van der Waals surface area contributed by atoms with Crippen molar-refractivity contribution in [2.75, 3.05) is 6.26 Å². The van der Waals surface area contributed by atoms with Gasteiger partial charge in [-0.15, -0.1) is 0 Å². The number of carboxylic acids is 3. The quantitative estimate of drug-likeness (QED) is 0.0751. The average molecular weight is 1140 g/mol. The number of aryl methyl sites for hydroxylation is 2. The summed E-state index contributed by atoms with van der Waals surface area (Å²) < 4.78 is 84.2. The molecule has 10 aromatic rings. The van der Waals surface area contributed by atoms with E-state index in [9.17, 15) is 50.2 Å². The van der Waals surface area contributed by atoms with Crippen LogP contribution in [0.25, 0.3) is 43.7 Å². The number of nitrogens with one attached hydrogen (secondary N) is 1. The Balaban J connectivity index is 0.000000147. The van der Waals surface area contributed by atoms with E-state index in [4.69, 9.17) is 10.1 Å². The number of hydrogen-bond donors (Lipinski definition) is 4. The Kier molecular flexibility index (Phi) is 16.7. The van der Waals surface area contributed by atoms with Crippen LogP contribution in [0.4, 0.5) is 8.78 Å². The highest BCUT2D eigenvalue weighted by Gasteiger charge is 2.29. The molecular formula is C61H58F2N6O10S2. The van der Waals surface area contributed by atoms with Gasteiger partial charge >= 0.3 is 17.9 Å². The van der Waals surface area contributed by atoms with Crippen LogP contribution in [-0.2, 0) is 79.6 Å². The number of carboxylic acid groups (broad SMARTS) is 3. The van der Waals surface area contributed by atoms with Gasteiger partial charge < -0.3 is 29.0 Å². The molecule has 418 valence electrons. The zero-order valence-electron chi connectivity index (χ0n) is 44.7. The minimum atomic E-state index is -3.75. The van der Waals surface area contributed by atoms with E-state index < -0.39 is 43.6 Å². The van der Waals surface area contributed by atoms with Crippen molar-refractivity contribution in [2.24, 2.45) is 0 Å². The molecule has 0 spiro atoms. The third-order valence-corrected chi connectivity index (χ3v) is 17.3. The second kappa shape index (κ2) is 23.6. The van der Waals surface area contributed by atoms with Gasteiger partial charge in [-0.05, 0) is 153 Å². The maximum Gasteiger partial charge on any atom is 0.323 e. The molecule has 1 aliphatic rings. The lowest BCUT2D eigenvalue weighted by atomic mass is 9.92. The number of halogens is 2. The number of para-hydroxylation sites is 2. The standard InChI is InChI=1S/C21H21FN2O4S.C21H17FN2O2.C19H20N2O4S/c22-14-5-8-16(9-6-14)29(27,28)23-15-7-10-20-18(13-15)17-3-1-2-4-19(17)24(20)12-11-21(25)26;1-13-17(11-16-8-6-14-4-2-3-5-19(14)23-16)18-10-15(22)7-9-20(18)24(13)12-21(25)26;1-12-9-15(26(3,24)25)7-6-14(12)11-21-13(2)17(10-18(22)23)16-5-4-8-20-19(16)21/h1-6,8-9,15,23H,7,10-13H2,(H,25,26);2-10H,11-12H2,1H3,(H,25,26);4-9H,10-11H2,1-3H3,(H,22,23)/t15-;;/m1../s1. The summed E-state index contributed by atoms with van der Waals surface area (Å²) in [6.45, 7) is 6.36. The van der Waals surface area contributed by atoms with E-state index in [0.29, 0.717) is 38.8 Å². The van der Waals surface area contributed by atoms with Gasteiger partial charge in [0.1, 0.15) is 23.8 Å². The summed E-state index contributed by atoms with van der Waals surface area (Å²) in [5.74, 6) is -3.48. The lowest BCUT2D eigenvalue weighted by Gasteiger charge is -2.25. The highest BCUT2D eigenvalue weighted by molar-refractivity contribution is 7.90. The number of rotatable bonds is 15. The lowest BCUT2D eigenvalue weighted by Crippen LogP contribution is -2.39. The zero-order chi connectivity index (χ0) is 57.9. The monoisotopic (exact) mass is 1140 g/mol. The number of aliphatic carboxylic acids is 3. The van der Waals surface area contributed by atoms with E-state index in [0.717, 1.165) is 106 Å². The molecule has 11 rings (SSSR count). The topological polar surface area (TPSA) is 233 Å². The molecule has 1 atom stereocenters. The predicted octanol–water partition coefficient (Wildman–Crippen LogP) is 10.1. The molecule has 0 aliphatic heterocycles. The Morgan fingerprint density at radius 3 is 2.07 bits per heavy atom. The summed E-state index contributed by atoms with van der Waals surface area (Å²) in [6, 6.07) is 37.3. The number of benzene rings is 5. The van der Waals surface area contributed by atoms with Gasteiger partial charge in [0.15, 0.2) is 9.84 Å². The van der Waals surface area contributed by atoms with Gasteiger partial charge in [0.25, 0.3) is 0 Å². The number of fused-ring (bicyclic) bond motifs is 6. The smallest absolute Gasteiger partial charge is 0.323 e. The van der Waals surface area contributed by atoms with Crippen LogP contribution in [0.1, 0.15) is 63.4 Å². The molecule has 4 N–H and O–H groups in total. The molecule has 20 heteroatoms. The molecule has 0 radical (unpaired) electrons. The summed E-state index contributed by atoms with van der Waals surface area (Å²) in [4.78, 5) is 43.0. The predicted molar refractivity (Wildman–Crippen MR) is 305 cm³/mol. The molecule has 5 heterocycles. The van der Waals surface area contributed by atoms with E-state index in [-0.39, 0.29) is 41.0 Å². The first-order chi connectivity index (χ1) is 38.6. The third-order valence-electron chi connectivity index (χ3n) is 14.7. The van der Waals surface area contributed by atoms with Gasteiger partial charge in [0, 0.05) is 93.4 Å². The average Bonchev–Trinajstić information content (AvgIpc) is 3.47. The summed E-state index contributed by atoms with van der Waals surface area (Å²) in [7, 11) is -7.00. The molecule has 5 aromatic carbocycles. The van der Waals surface area contributed by atoms with E-state index in [1.165, 1.54) is 30.5 Å². The van der Waals surface area contributed by atoms with Gasteiger partial charge in [-0.3, -0.25) is 19.4 Å². The van der Waals surface area contributed by atoms with Crippen LogP contribution in [-0.4, -0.2) is 86.0 Å². The number of carbonyl (C=O) groups is 3. The highest BCUT2D eigenvalue weighted by Crippen LogP contribution is 2.34. The van der Waals surface area contributed by atoms with Crippen molar-refractivity contribution in [1.82, 2.24) is 28.4 Å². The first kappa shape index (κ1) is 57.1. The second-order valence-electron chi connectivity index (χ2n) is 20.1. The highest BCUT2D eigenvalue weighted by atomic mass is 32.2. The van der Waals surface area contributed by atoms with E-state index in [2.05, 4.69) is 9.71 Å². The van der Waals surface area contributed by atoms with Crippen LogP contribution in [0.2, 0.25) is 0 Å². The molecule has 1 aliphatic carbocycles. The van der Waals surface area contributed by atoms with Crippen molar-refractivity contribution in [3.8, 4) is 0 Å². The Hall–Kier alpha value is -8.59. The van der Waals surface area contributed by atoms with Crippen molar-refractivity contribution in [3.63, 3.8) is 0 Å². The van der Waals surface area contributed by atoms with Crippen molar-refractivity contribution < 1.29 is 55.3 Å². The van der Waals surface area contributed by atoms with Crippen LogP contribution >= 0.6 is 0 Å². The summed E-state index contributed by atoms with van der Waals surface area (Å²) in [5, 5.41) is 31.2. The Morgan fingerprint density at radius 1 is 0.679 bits per heavy atom. The zero-order valence-corrected chi connectivity index (χ0v) is 46.4. The van der Waals surface area contributed by atoms with Crippen LogP contribution in [0.3, 0.4) is 0 Å². The lowest BCUT2D eigenvalue weighted by molar-refractivity contribution is -0.138.